The number of carbonyl (C=O) groups is 3. The Bertz CT molecular complexity index is 696. The first-order chi connectivity index (χ1) is 12.0. The van der Waals surface area contributed by atoms with E-state index >= 15 is 0 Å². The Kier molecular flexibility index (Phi) is 4.78. The molecule has 1 saturated carbocycles. The lowest BCUT2D eigenvalue weighted by Crippen LogP contribution is -2.51. The number of hydrogen-bond donors (Lipinski definition) is 3. The molecular weight excluding hydrogens is 328 g/mol. The summed E-state index contributed by atoms with van der Waals surface area (Å²) in [5, 5.41) is 14.4. The molecule has 3 rings (SSSR count). The van der Waals surface area contributed by atoms with E-state index in [1.165, 1.54) is 0 Å². The summed E-state index contributed by atoms with van der Waals surface area (Å²) in [7, 11) is 0. The molecule has 134 valence electrons. The highest BCUT2D eigenvalue weighted by Gasteiger charge is 2.37. The molecule has 2 aliphatic rings. The number of carbonyl (C=O) groups excluding carboxylic acids is 2. The molecule has 8 nitrogen and oxygen atoms in total. The number of hydrogen-bond acceptors (Lipinski definition) is 5. The van der Waals surface area contributed by atoms with Crippen LogP contribution in [0.1, 0.15) is 42.5 Å². The van der Waals surface area contributed by atoms with Gasteiger partial charge in [-0.3, -0.25) is 14.4 Å². The van der Waals surface area contributed by atoms with Gasteiger partial charge in [0, 0.05) is 5.56 Å². The molecule has 1 fully saturated rings. The first-order valence-corrected chi connectivity index (χ1v) is 8.18. The SMILES string of the molecule is O=C(O)CC1(NC(=O)CNC(=O)c2ccc3c(c2)OCO3)CCCC1. The monoisotopic (exact) mass is 348 g/mol. The summed E-state index contributed by atoms with van der Waals surface area (Å²) in [6.07, 6.45) is 2.95. The number of benzene rings is 1. The molecule has 0 aromatic heterocycles. The van der Waals surface area contributed by atoms with E-state index in [0.717, 1.165) is 12.8 Å². The molecule has 0 atom stereocenters. The first kappa shape index (κ1) is 17.1. The number of ether oxygens (including phenoxy) is 2. The van der Waals surface area contributed by atoms with Crippen LogP contribution >= 0.6 is 0 Å². The molecule has 1 aliphatic carbocycles. The van der Waals surface area contributed by atoms with Gasteiger partial charge < -0.3 is 25.2 Å². The molecule has 25 heavy (non-hydrogen) atoms. The molecule has 1 aliphatic heterocycles. The van der Waals surface area contributed by atoms with Crippen molar-refractivity contribution in [1.82, 2.24) is 10.6 Å². The van der Waals surface area contributed by atoms with Gasteiger partial charge in [-0.1, -0.05) is 12.8 Å². The van der Waals surface area contributed by atoms with Crippen LogP contribution in [-0.2, 0) is 9.59 Å². The number of nitrogens with one attached hydrogen (secondary N) is 2. The quantitative estimate of drug-likeness (QED) is 0.708. The molecular formula is C17H20N2O6. The number of fused-ring (bicyclic) bond motifs is 1. The molecule has 0 saturated heterocycles. The highest BCUT2D eigenvalue weighted by atomic mass is 16.7. The maximum Gasteiger partial charge on any atom is 0.305 e. The summed E-state index contributed by atoms with van der Waals surface area (Å²) >= 11 is 0. The molecule has 1 aromatic carbocycles. The fraction of sp³-hybridized carbons (Fsp3) is 0.471. The fourth-order valence-corrected chi connectivity index (χ4v) is 3.33. The van der Waals surface area contributed by atoms with Gasteiger partial charge in [-0.15, -0.1) is 0 Å². The minimum Gasteiger partial charge on any atom is -0.481 e. The van der Waals surface area contributed by atoms with Crippen molar-refractivity contribution in [2.45, 2.75) is 37.6 Å². The van der Waals surface area contributed by atoms with Crippen molar-refractivity contribution in [2.24, 2.45) is 0 Å². The van der Waals surface area contributed by atoms with Gasteiger partial charge in [0.2, 0.25) is 12.7 Å². The standard InChI is InChI=1S/C17H20N2O6/c20-14(19-17(8-15(21)22)5-1-2-6-17)9-18-16(23)11-3-4-12-13(7-11)25-10-24-12/h3-4,7H,1-2,5-6,8-10H2,(H,18,23)(H,19,20)(H,21,22). The Morgan fingerprint density at radius 3 is 2.56 bits per heavy atom. The number of carboxylic acids is 1. The highest BCUT2D eigenvalue weighted by molar-refractivity contribution is 5.97. The van der Waals surface area contributed by atoms with Crippen LogP contribution in [0.5, 0.6) is 11.5 Å². The molecule has 0 radical (unpaired) electrons. The van der Waals surface area contributed by atoms with E-state index in [1.54, 1.807) is 18.2 Å². The van der Waals surface area contributed by atoms with Crippen LogP contribution in [0.15, 0.2) is 18.2 Å². The van der Waals surface area contributed by atoms with Crippen LogP contribution in [0.3, 0.4) is 0 Å². The minimum atomic E-state index is -0.938. The van der Waals surface area contributed by atoms with E-state index in [1.807, 2.05) is 0 Å². The average Bonchev–Trinajstić information content (AvgIpc) is 3.20. The summed E-state index contributed by atoms with van der Waals surface area (Å²) in [4.78, 5) is 35.4. The third-order valence-electron chi connectivity index (χ3n) is 4.50. The van der Waals surface area contributed by atoms with Crippen LogP contribution in [0.2, 0.25) is 0 Å². The summed E-state index contributed by atoms with van der Waals surface area (Å²) in [6.45, 7) is -0.0941. The van der Waals surface area contributed by atoms with Crippen LogP contribution in [0.4, 0.5) is 0 Å². The second-order valence-electron chi connectivity index (χ2n) is 6.36. The third kappa shape index (κ3) is 4.01. The van der Waals surface area contributed by atoms with E-state index in [0.29, 0.717) is 29.9 Å². The Labute approximate surface area is 144 Å². The topological polar surface area (TPSA) is 114 Å². The minimum absolute atomic E-state index is 0.102. The van der Waals surface area contributed by atoms with Crippen molar-refractivity contribution in [3.05, 3.63) is 23.8 Å². The van der Waals surface area contributed by atoms with E-state index in [2.05, 4.69) is 10.6 Å². The third-order valence-corrected chi connectivity index (χ3v) is 4.50. The molecule has 0 unspecified atom stereocenters. The van der Waals surface area contributed by atoms with Gasteiger partial charge in [0.25, 0.3) is 5.91 Å². The van der Waals surface area contributed by atoms with Gasteiger partial charge in [-0.05, 0) is 31.0 Å². The Balaban J connectivity index is 1.54. The van der Waals surface area contributed by atoms with E-state index < -0.39 is 23.3 Å². The van der Waals surface area contributed by atoms with Crippen LogP contribution in [0.25, 0.3) is 0 Å². The molecule has 8 heteroatoms. The molecule has 0 spiro atoms. The number of rotatable bonds is 6. The zero-order valence-corrected chi connectivity index (χ0v) is 13.7. The number of amides is 2. The lowest BCUT2D eigenvalue weighted by Gasteiger charge is -2.28. The van der Waals surface area contributed by atoms with Crippen LogP contribution < -0.4 is 20.1 Å². The smallest absolute Gasteiger partial charge is 0.305 e. The van der Waals surface area contributed by atoms with E-state index in [-0.39, 0.29) is 19.8 Å². The molecule has 1 aromatic rings. The molecule has 3 N–H and O–H groups in total. The van der Waals surface area contributed by atoms with Gasteiger partial charge in [0.05, 0.1) is 18.5 Å². The molecule has 1 heterocycles. The van der Waals surface area contributed by atoms with Crippen molar-refractivity contribution in [3.8, 4) is 11.5 Å². The lowest BCUT2D eigenvalue weighted by atomic mass is 9.93. The largest absolute Gasteiger partial charge is 0.481 e. The Hall–Kier alpha value is -2.77. The van der Waals surface area contributed by atoms with Crippen molar-refractivity contribution in [1.29, 1.82) is 0 Å². The summed E-state index contributed by atoms with van der Waals surface area (Å²) < 4.78 is 10.4. The maximum atomic E-state index is 12.2. The van der Waals surface area contributed by atoms with Crippen molar-refractivity contribution >= 4 is 17.8 Å². The Morgan fingerprint density at radius 1 is 1.12 bits per heavy atom. The van der Waals surface area contributed by atoms with Crippen LogP contribution in [-0.4, -0.2) is 41.8 Å². The lowest BCUT2D eigenvalue weighted by molar-refractivity contribution is -0.139. The number of aliphatic carboxylic acids is 1. The predicted molar refractivity (Wildman–Crippen MR) is 86.5 cm³/mol. The maximum absolute atomic E-state index is 12.2. The first-order valence-electron chi connectivity index (χ1n) is 8.18. The summed E-state index contributed by atoms with van der Waals surface area (Å²) in [6, 6.07) is 4.78. The highest BCUT2D eigenvalue weighted by Crippen LogP contribution is 2.33. The Morgan fingerprint density at radius 2 is 1.84 bits per heavy atom. The fourth-order valence-electron chi connectivity index (χ4n) is 3.33. The normalized spacial score (nSPS) is 17.1. The van der Waals surface area contributed by atoms with Crippen molar-refractivity contribution in [3.63, 3.8) is 0 Å². The molecule has 0 bridgehead atoms. The summed E-state index contributed by atoms with van der Waals surface area (Å²) in [5.74, 6) is -0.675. The molecule has 2 amide bonds. The second-order valence-corrected chi connectivity index (χ2v) is 6.36. The van der Waals surface area contributed by atoms with Gasteiger partial charge in [0.1, 0.15) is 0 Å². The predicted octanol–water partition coefficient (Wildman–Crippen LogP) is 1.05. The van der Waals surface area contributed by atoms with Gasteiger partial charge in [0.15, 0.2) is 11.5 Å². The number of carboxylic acid groups (broad SMARTS) is 1. The second kappa shape index (κ2) is 7.00. The average molecular weight is 348 g/mol. The van der Waals surface area contributed by atoms with E-state index in [9.17, 15) is 14.4 Å². The van der Waals surface area contributed by atoms with Gasteiger partial charge in [-0.25, -0.2) is 0 Å². The van der Waals surface area contributed by atoms with Crippen molar-refractivity contribution in [2.75, 3.05) is 13.3 Å². The van der Waals surface area contributed by atoms with Crippen LogP contribution in [0, 0.1) is 0 Å². The zero-order valence-electron chi connectivity index (χ0n) is 13.7. The van der Waals surface area contributed by atoms with Crippen molar-refractivity contribution < 1.29 is 29.0 Å². The van der Waals surface area contributed by atoms with Gasteiger partial charge >= 0.3 is 5.97 Å². The zero-order chi connectivity index (χ0) is 17.9. The van der Waals surface area contributed by atoms with Gasteiger partial charge in [-0.2, -0.15) is 0 Å². The summed E-state index contributed by atoms with van der Waals surface area (Å²) in [5.41, 5.74) is -0.343. The van der Waals surface area contributed by atoms with E-state index in [4.69, 9.17) is 14.6 Å².